The summed E-state index contributed by atoms with van der Waals surface area (Å²) in [4.78, 5) is 6.69. The molecule has 0 aliphatic carbocycles. The Bertz CT molecular complexity index is 474. The molecule has 2 aromatic rings. The van der Waals surface area contributed by atoms with Gasteiger partial charge in [0.1, 0.15) is 0 Å². The normalized spacial score (nSPS) is 11.2. The lowest BCUT2D eigenvalue weighted by Crippen LogP contribution is -2.25. The SMILES string of the molecule is CC(C)N(C)Cc1ccc(-c2ccccn2)cc1. The third kappa shape index (κ3) is 3.17. The second-order valence-corrected chi connectivity index (χ2v) is 4.92. The van der Waals surface area contributed by atoms with Crippen molar-refractivity contribution in [3.8, 4) is 11.3 Å². The first-order valence-corrected chi connectivity index (χ1v) is 6.37. The van der Waals surface area contributed by atoms with E-state index in [0.29, 0.717) is 6.04 Å². The van der Waals surface area contributed by atoms with Crippen molar-refractivity contribution in [1.82, 2.24) is 9.88 Å². The lowest BCUT2D eigenvalue weighted by atomic mass is 10.1. The fraction of sp³-hybridized carbons (Fsp3) is 0.312. The van der Waals surface area contributed by atoms with Crippen LogP contribution in [0.15, 0.2) is 48.7 Å². The van der Waals surface area contributed by atoms with E-state index in [1.165, 1.54) is 11.1 Å². The Labute approximate surface area is 109 Å². The Morgan fingerprint density at radius 2 is 1.78 bits per heavy atom. The molecule has 0 spiro atoms. The van der Waals surface area contributed by atoms with Crippen LogP contribution in [0.4, 0.5) is 0 Å². The molecule has 0 aliphatic rings. The van der Waals surface area contributed by atoms with Crippen LogP contribution in [-0.4, -0.2) is 23.0 Å². The summed E-state index contributed by atoms with van der Waals surface area (Å²) < 4.78 is 0. The van der Waals surface area contributed by atoms with Crippen molar-refractivity contribution in [2.45, 2.75) is 26.4 Å². The molecule has 18 heavy (non-hydrogen) atoms. The molecule has 2 heteroatoms. The van der Waals surface area contributed by atoms with E-state index in [2.05, 4.69) is 55.0 Å². The second-order valence-electron chi connectivity index (χ2n) is 4.92. The standard InChI is InChI=1S/C16H20N2/c1-13(2)18(3)12-14-7-9-15(10-8-14)16-6-4-5-11-17-16/h4-11,13H,12H2,1-3H3. The Kier molecular flexibility index (Phi) is 4.11. The zero-order valence-electron chi connectivity index (χ0n) is 11.3. The summed E-state index contributed by atoms with van der Waals surface area (Å²) in [6.07, 6.45) is 1.83. The van der Waals surface area contributed by atoms with E-state index < -0.39 is 0 Å². The highest BCUT2D eigenvalue weighted by Gasteiger charge is 2.04. The first-order chi connectivity index (χ1) is 8.66. The number of hydrogen-bond donors (Lipinski definition) is 0. The van der Waals surface area contributed by atoms with Gasteiger partial charge in [0.15, 0.2) is 0 Å². The van der Waals surface area contributed by atoms with E-state index in [4.69, 9.17) is 0 Å². The van der Waals surface area contributed by atoms with Crippen LogP contribution in [0.25, 0.3) is 11.3 Å². The molecule has 0 fully saturated rings. The lowest BCUT2D eigenvalue weighted by molar-refractivity contribution is 0.266. The zero-order chi connectivity index (χ0) is 13.0. The highest BCUT2D eigenvalue weighted by atomic mass is 15.1. The van der Waals surface area contributed by atoms with Crippen molar-refractivity contribution in [1.29, 1.82) is 0 Å². The average molecular weight is 240 g/mol. The van der Waals surface area contributed by atoms with Gasteiger partial charge in [-0.3, -0.25) is 9.88 Å². The quantitative estimate of drug-likeness (QED) is 0.812. The summed E-state index contributed by atoms with van der Waals surface area (Å²) in [6.45, 7) is 5.41. The smallest absolute Gasteiger partial charge is 0.0701 e. The molecule has 0 radical (unpaired) electrons. The minimum atomic E-state index is 0.570. The molecule has 1 heterocycles. The Balaban J connectivity index is 2.11. The molecule has 0 N–H and O–H groups in total. The molecular weight excluding hydrogens is 220 g/mol. The monoisotopic (exact) mass is 240 g/mol. The Hall–Kier alpha value is -1.67. The van der Waals surface area contributed by atoms with E-state index in [9.17, 15) is 0 Å². The maximum absolute atomic E-state index is 4.36. The molecule has 0 aliphatic heterocycles. The first-order valence-electron chi connectivity index (χ1n) is 6.37. The minimum Gasteiger partial charge on any atom is -0.300 e. The van der Waals surface area contributed by atoms with E-state index in [0.717, 1.165) is 12.2 Å². The highest BCUT2D eigenvalue weighted by molar-refractivity contribution is 5.58. The van der Waals surface area contributed by atoms with Gasteiger partial charge in [0.05, 0.1) is 5.69 Å². The van der Waals surface area contributed by atoms with Gasteiger partial charge in [0.2, 0.25) is 0 Å². The van der Waals surface area contributed by atoms with Crippen molar-refractivity contribution in [2.75, 3.05) is 7.05 Å². The Morgan fingerprint density at radius 3 is 2.33 bits per heavy atom. The van der Waals surface area contributed by atoms with E-state index in [1.807, 2.05) is 24.4 Å². The van der Waals surface area contributed by atoms with Gasteiger partial charge in [0.25, 0.3) is 0 Å². The van der Waals surface area contributed by atoms with Crippen LogP contribution in [0.1, 0.15) is 19.4 Å². The van der Waals surface area contributed by atoms with Gasteiger partial charge in [-0.15, -0.1) is 0 Å². The third-order valence-electron chi connectivity index (χ3n) is 3.23. The van der Waals surface area contributed by atoms with E-state index >= 15 is 0 Å². The predicted molar refractivity (Wildman–Crippen MR) is 76.3 cm³/mol. The summed E-state index contributed by atoms with van der Waals surface area (Å²) in [5, 5.41) is 0. The molecule has 0 saturated heterocycles. The first kappa shape index (κ1) is 12.8. The topological polar surface area (TPSA) is 16.1 Å². The maximum atomic E-state index is 4.36. The van der Waals surface area contributed by atoms with Crippen molar-refractivity contribution >= 4 is 0 Å². The van der Waals surface area contributed by atoms with Crippen LogP contribution >= 0.6 is 0 Å². The van der Waals surface area contributed by atoms with Crippen molar-refractivity contribution in [3.63, 3.8) is 0 Å². The second kappa shape index (κ2) is 5.78. The van der Waals surface area contributed by atoms with Gasteiger partial charge in [-0.05, 0) is 38.6 Å². The molecule has 0 saturated carbocycles. The molecule has 0 atom stereocenters. The predicted octanol–water partition coefficient (Wildman–Crippen LogP) is 3.59. The Morgan fingerprint density at radius 1 is 1.06 bits per heavy atom. The number of aromatic nitrogens is 1. The van der Waals surface area contributed by atoms with Crippen molar-refractivity contribution < 1.29 is 0 Å². The van der Waals surface area contributed by atoms with Crippen LogP contribution in [0.5, 0.6) is 0 Å². The molecule has 0 amide bonds. The molecule has 94 valence electrons. The summed E-state index contributed by atoms with van der Waals surface area (Å²) in [5.41, 5.74) is 3.54. The summed E-state index contributed by atoms with van der Waals surface area (Å²) in [5.74, 6) is 0. The molecule has 2 rings (SSSR count). The van der Waals surface area contributed by atoms with Gasteiger partial charge in [-0.1, -0.05) is 30.3 Å². The third-order valence-corrected chi connectivity index (χ3v) is 3.23. The molecule has 0 unspecified atom stereocenters. The van der Waals surface area contributed by atoms with Crippen molar-refractivity contribution in [3.05, 3.63) is 54.2 Å². The minimum absolute atomic E-state index is 0.570. The van der Waals surface area contributed by atoms with Crippen molar-refractivity contribution in [2.24, 2.45) is 0 Å². The number of nitrogens with zero attached hydrogens (tertiary/aromatic N) is 2. The summed E-state index contributed by atoms with van der Waals surface area (Å²) in [7, 11) is 2.15. The number of rotatable bonds is 4. The molecule has 0 bridgehead atoms. The van der Waals surface area contributed by atoms with Gasteiger partial charge >= 0.3 is 0 Å². The number of hydrogen-bond acceptors (Lipinski definition) is 2. The maximum Gasteiger partial charge on any atom is 0.0701 e. The fourth-order valence-corrected chi connectivity index (χ4v) is 1.78. The zero-order valence-corrected chi connectivity index (χ0v) is 11.3. The van der Waals surface area contributed by atoms with Gasteiger partial charge in [0, 0.05) is 24.3 Å². The van der Waals surface area contributed by atoms with Crippen LogP contribution in [0, 0.1) is 0 Å². The molecule has 2 nitrogen and oxygen atoms in total. The summed E-state index contributed by atoms with van der Waals surface area (Å²) in [6, 6.07) is 15.2. The van der Waals surface area contributed by atoms with Crippen LogP contribution in [-0.2, 0) is 6.54 Å². The molecular formula is C16H20N2. The number of benzene rings is 1. The van der Waals surface area contributed by atoms with E-state index in [-0.39, 0.29) is 0 Å². The molecule has 1 aromatic heterocycles. The fourth-order valence-electron chi connectivity index (χ4n) is 1.78. The highest BCUT2D eigenvalue weighted by Crippen LogP contribution is 2.17. The average Bonchev–Trinajstić information content (AvgIpc) is 2.40. The van der Waals surface area contributed by atoms with Gasteiger partial charge in [-0.25, -0.2) is 0 Å². The molecule has 1 aromatic carbocycles. The van der Waals surface area contributed by atoms with Crippen LogP contribution < -0.4 is 0 Å². The largest absolute Gasteiger partial charge is 0.300 e. The van der Waals surface area contributed by atoms with Gasteiger partial charge in [-0.2, -0.15) is 0 Å². The van der Waals surface area contributed by atoms with E-state index in [1.54, 1.807) is 0 Å². The summed E-state index contributed by atoms with van der Waals surface area (Å²) >= 11 is 0. The number of pyridine rings is 1. The van der Waals surface area contributed by atoms with Crippen LogP contribution in [0.3, 0.4) is 0 Å². The lowest BCUT2D eigenvalue weighted by Gasteiger charge is -2.21. The van der Waals surface area contributed by atoms with Crippen LogP contribution in [0.2, 0.25) is 0 Å². The van der Waals surface area contributed by atoms with Gasteiger partial charge < -0.3 is 0 Å².